The minimum atomic E-state index is -4.28. The molecule has 2 aliphatic heterocycles. The number of amides is 1. The van der Waals surface area contributed by atoms with Gasteiger partial charge in [-0.25, -0.2) is 4.39 Å². The van der Waals surface area contributed by atoms with E-state index in [4.69, 9.17) is 9.47 Å². The van der Waals surface area contributed by atoms with Crippen molar-refractivity contribution >= 4 is 17.3 Å². The molecule has 8 nitrogen and oxygen atoms in total. The fourth-order valence-electron chi connectivity index (χ4n) is 5.23. The molecule has 6 rings (SSSR count). The van der Waals surface area contributed by atoms with Crippen molar-refractivity contribution in [3.63, 3.8) is 0 Å². The quantitative estimate of drug-likeness (QED) is 0.369. The van der Waals surface area contributed by atoms with E-state index < -0.39 is 18.5 Å². The van der Waals surface area contributed by atoms with Gasteiger partial charge >= 0.3 is 6.18 Å². The first kappa shape index (κ1) is 24.5. The lowest BCUT2D eigenvalue weighted by molar-refractivity contribution is -0.163. The van der Waals surface area contributed by atoms with Gasteiger partial charge in [0.25, 0.3) is 5.91 Å². The highest BCUT2D eigenvalue weighted by Crippen LogP contribution is 2.51. The Balaban J connectivity index is 1.36. The number of carbonyl (C=O) groups is 1. The van der Waals surface area contributed by atoms with Crippen LogP contribution in [-0.4, -0.2) is 65.8 Å². The smallest absolute Gasteiger partial charge is 0.401 e. The van der Waals surface area contributed by atoms with Crippen LogP contribution in [0.2, 0.25) is 0 Å². The van der Waals surface area contributed by atoms with Crippen LogP contribution in [0, 0.1) is 5.82 Å². The number of nitrogens with zero attached hydrogens (tertiary/aromatic N) is 2. The number of H-pyrrole nitrogens is 1. The zero-order valence-corrected chi connectivity index (χ0v) is 20.4. The molecule has 0 spiro atoms. The van der Waals surface area contributed by atoms with Crippen LogP contribution in [0.1, 0.15) is 34.8 Å². The summed E-state index contributed by atoms with van der Waals surface area (Å²) in [5, 5.41) is 6.18. The number of aromatic nitrogens is 2. The van der Waals surface area contributed by atoms with E-state index in [-0.39, 0.29) is 36.3 Å². The van der Waals surface area contributed by atoms with Gasteiger partial charge in [0, 0.05) is 42.0 Å². The Hall–Kier alpha value is -3.80. The molecule has 3 atom stereocenters. The molecule has 0 bridgehead atoms. The number of aromatic amines is 1. The normalized spacial score (nSPS) is 22.1. The molecule has 2 aromatic heterocycles. The second-order valence-corrected chi connectivity index (χ2v) is 9.74. The van der Waals surface area contributed by atoms with Crippen molar-refractivity contribution in [3.05, 3.63) is 53.7 Å². The first-order chi connectivity index (χ1) is 18.2. The Kier molecular flexibility index (Phi) is 5.93. The SMILES string of the molecule is COc1c(F)cccc1Nc1c(-c2ccncc2OC[C@@H]2CCN2CC(F)(F)F)[nH]c2c1C(=O)N[C@H]1C[C@@H]21. The molecule has 3 aromatic rings. The molecular formula is C26H25F4N5O3. The van der Waals surface area contributed by atoms with Crippen molar-refractivity contribution in [3.8, 4) is 22.8 Å². The summed E-state index contributed by atoms with van der Waals surface area (Å²) in [6, 6.07) is 5.84. The fourth-order valence-corrected chi connectivity index (χ4v) is 5.23. The second kappa shape index (κ2) is 9.19. The number of benzene rings is 1. The predicted octanol–water partition coefficient (Wildman–Crippen LogP) is 4.58. The predicted molar refractivity (Wildman–Crippen MR) is 130 cm³/mol. The van der Waals surface area contributed by atoms with E-state index >= 15 is 0 Å². The van der Waals surface area contributed by atoms with Crippen LogP contribution < -0.4 is 20.1 Å². The molecule has 3 aliphatic rings. The van der Waals surface area contributed by atoms with Crippen molar-refractivity contribution < 1.29 is 31.8 Å². The Morgan fingerprint density at radius 2 is 2.11 bits per heavy atom. The molecule has 1 amide bonds. The molecule has 4 heterocycles. The number of likely N-dealkylation sites (tertiary alicyclic amines) is 1. The summed E-state index contributed by atoms with van der Waals surface area (Å²) in [6.07, 6.45) is 0.180. The first-order valence-corrected chi connectivity index (χ1v) is 12.3. The molecule has 0 unspecified atom stereocenters. The largest absolute Gasteiger partial charge is 0.492 e. The summed E-state index contributed by atoms with van der Waals surface area (Å²) in [5.41, 5.74) is 3.04. The van der Waals surface area contributed by atoms with Gasteiger partial charge < -0.3 is 25.1 Å². The number of para-hydroxylation sites is 1. The first-order valence-electron chi connectivity index (χ1n) is 12.3. The summed E-state index contributed by atoms with van der Waals surface area (Å²) in [6.45, 7) is -0.565. The fraction of sp³-hybridized carbons (Fsp3) is 0.385. The van der Waals surface area contributed by atoms with Crippen molar-refractivity contribution in [2.24, 2.45) is 0 Å². The summed E-state index contributed by atoms with van der Waals surface area (Å²) in [4.78, 5) is 21.9. The summed E-state index contributed by atoms with van der Waals surface area (Å²) in [5.74, 6) is -0.342. The minimum absolute atomic E-state index is 0.00476. The number of nitrogens with one attached hydrogen (secondary N) is 3. The number of methoxy groups -OCH3 is 1. The van der Waals surface area contributed by atoms with Gasteiger partial charge in [-0.05, 0) is 31.0 Å². The average Bonchev–Trinajstić information content (AvgIpc) is 3.54. The van der Waals surface area contributed by atoms with Crippen molar-refractivity contribution in [2.75, 3.05) is 32.1 Å². The molecule has 1 saturated heterocycles. The molecule has 0 radical (unpaired) electrons. The van der Waals surface area contributed by atoms with Gasteiger partial charge in [-0.2, -0.15) is 13.2 Å². The number of ether oxygens (including phenoxy) is 2. The number of hydrogen-bond acceptors (Lipinski definition) is 6. The molecular weight excluding hydrogens is 506 g/mol. The van der Waals surface area contributed by atoms with Gasteiger partial charge in [0.2, 0.25) is 0 Å². The number of alkyl halides is 3. The van der Waals surface area contributed by atoms with Crippen LogP contribution in [-0.2, 0) is 0 Å². The van der Waals surface area contributed by atoms with Crippen LogP contribution in [0.5, 0.6) is 11.5 Å². The number of anilines is 2. The molecule has 1 aromatic carbocycles. The lowest BCUT2D eigenvalue weighted by Gasteiger charge is -2.40. The number of carbonyl (C=O) groups excluding carboxylic acids is 1. The van der Waals surface area contributed by atoms with Crippen molar-refractivity contribution in [1.29, 1.82) is 0 Å². The number of fused-ring (bicyclic) bond motifs is 3. The van der Waals surface area contributed by atoms with Gasteiger partial charge in [0.15, 0.2) is 11.6 Å². The third-order valence-electron chi connectivity index (χ3n) is 7.30. The highest BCUT2D eigenvalue weighted by molar-refractivity contribution is 6.07. The minimum Gasteiger partial charge on any atom is -0.492 e. The molecule has 200 valence electrons. The Morgan fingerprint density at radius 3 is 2.84 bits per heavy atom. The molecule has 38 heavy (non-hydrogen) atoms. The molecule has 12 heteroatoms. The summed E-state index contributed by atoms with van der Waals surface area (Å²) >= 11 is 0. The van der Waals surface area contributed by atoms with Gasteiger partial charge in [-0.15, -0.1) is 0 Å². The molecule has 3 N–H and O–H groups in total. The summed E-state index contributed by atoms with van der Waals surface area (Å²) in [7, 11) is 1.36. The van der Waals surface area contributed by atoms with E-state index in [2.05, 4.69) is 20.6 Å². The Labute approximate surface area is 215 Å². The van der Waals surface area contributed by atoms with E-state index in [1.165, 1.54) is 30.3 Å². The number of rotatable bonds is 8. The van der Waals surface area contributed by atoms with Crippen LogP contribution in [0.4, 0.5) is 28.9 Å². The van der Waals surface area contributed by atoms with E-state index in [9.17, 15) is 22.4 Å². The Morgan fingerprint density at radius 1 is 1.26 bits per heavy atom. The van der Waals surface area contributed by atoms with Gasteiger partial charge in [-0.1, -0.05) is 6.07 Å². The topological polar surface area (TPSA) is 91.5 Å². The average molecular weight is 532 g/mol. The maximum atomic E-state index is 14.4. The van der Waals surface area contributed by atoms with E-state index in [1.807, 2.05) is 0 Å². The second-order valence-electron chi connectivity index (χ2n) is 9.74. The lowest BCUT2D eigenvalue weighted by atomic mass is 10.0. The van der Waals surface area contributed by atoms with Crippen LogP contribution in [0.15, 0.2) is 36.7 Å². The monoisotopic (exact) mass is 531 g/mol. The standard InChI is InChI=1S/C26H25F4N5O3/c1-37-24-16(27)3-2-4-17(24)32-23-20-21(15-9-18(15)33-25(20)36)34-22(23)14-5-7-31-10-19(14)38-11-13-6-8-35(13)12-26(28,29)30/h2-5,7,10,13,15,18,32,34H,6,8-9,11-12H2,1H3,(H,33,36)/t13-,15+,18-/m0/s1. The number of halogens is 4. The number of pyridine rings is 1. The molecule has 1 saturated carbocycles. The van der Waals surface area contributed by atoms with Gasteiger partial charge in [0.05, 0.1) is 42.5 Å². The van der Waals surface area contributed by atoms with Crippen LogP contribution in [0.3, 0.4) is 0 Å². The summed E-state index contributed by atoms with van der Waals surface area (Å²) < 4.78 is 64.3. The maximum Gasteiger partial charge on any atom is 0.401 e. The van der Waals surface area contributed by atoms with E-state index in [0.29, 0.717) is 46.9 Å². The third-order valence-corrected chi connectivity index (χ3v) is 7.30. The highest BCUT2D eigenvalue weighted by Gasteiger charge is 2.48. The molecule has 1 aliphatic carbocycles. The van der Waals surface area contributed by atoms with Crippen molar-refractivity contribution in [2.45, 2.75) is 37.0 Å². The third kappa shape index (κ3) is 4.42. The zero-order valence-electron chi connectivity index (χ0n) is 20.4. The van der Waals surface area contributed by atoms with Crippen LogP contribution >= 0.6 is 0 Å². The molecule has 2 fully saturated rings. The Bertz CT molecular complexity index is 1390. The van der Waals surface area contributed by atoms with Gasteiger partial charge in [-0.3, -0.25) is 14.7 Å². The van der Waals surface area contributed by atoms with Crippen LogP contribution in [0.25, 0.3) is 11.3 Å². The van der Waals surface area contributed by atoms with Gasteiger partial charge in [0.1, 0.15) is 12.4 Å². The highest BCUT2D eigenvalue weighted by atomic mass is 19.4. The van der Waals surface area contributed by atoms with E-state index in [1.54, 1.807) is 18.3 Å². The van der Waals surface area contributed by atoms with Crippen molar-refractivity contribution in [1.82, 2.24) is 20.2 Å². The number of hydrogen-bond donors (Lipinski definition) is 3. The zero-order chi connectivity index (χ0) is 26.6. The lowest BCUT2D eigenvalue weighted by Crippen LogP contribution is -2.54. The maximum absolute atomic E-state index is 14.4. The van der Waals surface area contributed by atoms with E-state index in [0.717, 1.165) is 12.1 Å².